The van der Waals surface area contributed by atoms with E-state index >= 15 is 0 Å². The molecule has 1 aliphatic carbocycles. The molecule has 0 heterocycles. The van der Waals surface area contributed by atoms with Crippen LogP contribution in [0.2, 0.25) is 0 Å². The number of benzene rings is 1. The Balaban J connectivity index is 2.08. The molecule has 20 heavy (non-hydrogen) atoms. The van der Waals surface area contributed by atoms with Crippen LogP contribution < -0.4 is 14.8 Å². The Morgan fingerprint density at radius 1 is 1.30 bits per heavy atom. The van der Waals surface area contributed by atoms with Gasteiger partial charge in [0.2, 0.25) is 0 Å². The Morgan fingerprint density at radius 3 is 2.60 bits per heavy atom. The number of ether oxygens (including phenoxy) is 2. The average Bonchev–Trinajstić information content (AvgIpc) is 3.30. The zero-order valence-electron chi connectivity index (χ0n) is 12.6. The summed E-state index contributed by atoms with van der Waals surface area (Å²) >= 11 is 0. The van der Waals surface area contributed by atoms with Crippen LogP contribution in [0.1, 0.15) is 37.8 Å². The third-order valence-corrected chi connectivity index (χ3v) is 4.00. The number of rotatable bonds is 8. The van der Waals surface area contributed by atoms with Crippen molar-refractivity contribution < 1.29 is 14.6 Å². The summed E-state index contributed by atoms with van der Waals surface area (Å²) in [7, 11) is 3.33. The van der Waals surface area contributed by atoms with Crippen molar-refractivity contribution in [2.45, 2.75) is 38.3 Å². The zero-order valence-corrected chi connectivity index (χ0v) is 12.6. The van der Waals surface area contributed by atoms with Gasteiger partial charge in [0.1, 0.15) is 11.5 Å². The predicted molar refractivity (Wildman–Crippen MR) is 79.3 cm³/mol. The molecule has 1 saturated carbocycles. The van der Waals surface area contributed by atoms with Gasteiger partial charge in [0.05, 0.1) is 14.2 Å². The number of aliphatic hydroxyl groups is 1. The van der Waals surface area contributed by atoms with Crippen LogP contribution in [0.15, 0.2) is 18.2 Å². The van der Waals surface area contributed by atoms with Gasteiger partial charge in [-0.2, -0.15) is 0 Å². The molecule has 1 aromatic rings. The number of methoxy groups -OCH3 is 2. The number of aliphatic hydroxyl groups excluding tert-OH is 1. The van der Waals surface area contributed by atoms with E-state index in [1.165, 1.54) is 12.8 Å². The van der Waals surface area contributed by atoms with Gasteiger partial charge in [0.15, 0.2) is 0 Å². The normalized spacial score (nSPS) is 17.6. The Kier molecular flexibility index (Phi) is 5.26. The fourth-order valence-corrected chi connectivity index (χ4v) is 2.68. The van der Waals surface area contributed by atoms with Gasteiger partial charge in [0.25, 0.3) is 0 Å². The van der Waals surface area contributed by atoms with Crippen LogP contribution in [-0.4, -0.2) is 32.0 Å². The summed E-state index contributed by atoms with van der Waals surface area (Å²) in [5.41, 5.74) is 1.12. The quantitative estimate of drug-likeness (QED) is 0.768. The molecular weight excluding hydrogens is 254 g/mol. The standard InChI is InChI=1S/C16H25NO3/c1-11(17-15(8-9-18)12-4-5-12)14-7-6-13(19-2)10-16(14)20-3/h6-7,10-12,15,17-18H,4-5,8-9H2,1-3H3. The molecule has 0 spiro atoms. The van der Waals surface area contributed by atoms with Crippen molar-refractivity contribution >= 4 is 0 Å². The predicted octanol–water partition coefficient (Wildman–Crippen LogP) is 2.52. The lowest BCUT2D eigenvalue weighted by Crippen LogP contribution is -2.34. The maximum atomic E-state index is 9.18. The Bertz CT molecular complexity index is 432. The second-order valence-electron chi connectivity index (χ2n) is 5.45. The minimum Gasteiger partial charge on any atom is -0.497 e. The van der Waals surface area contributed by atoms with Crippen LogP contribution in [0, 0.1) is 5.92 Å². The minimum atomic E-state index is 0.188. The summed E-state index contributed by atoms with van der Waals surface area (Å²) in [6.45, 7) is 2.37. The molecule has 0 aliphatic heterocycles. The molecule has 1 fully saturated rings. The Labute approximate surface area is 121 Å². The first kappa shape index (κ1) is 15.1. The maximum Gasteiger partial charge on any atom is 0.127 e. The summed E-state index contributed by atoms with van der Waals surface area (Å²) < 4.78 is 10.7. The van der Waals surface area contributed by atoms with E-state index in [0.717, 1.165) is 23.5 Å². The van der Waals surface area contributed by atoms with Crippen molar-refractivity contribution in [3.05, 3.63) is 23.8 Å². The monoisotopic (exact) mass is 279 g/mol. The molecule has 4 nitrogen and oxygen atoms in total. The van der Waals surface area contributed by atoms with E-state index in [4.69, 9.17) is 9.47 Å². The molecule has 0 radical (unpaired) electrons. The summed E-state index contributed by atoms with van der Waals surface area (Å²) in [4.78, 5) is 0. The molecule has 2 atom stereocenters. The molecule has 0 bridgehead atoms. The molecule has 4 heteroatoms. The summed E-state index contributed by atoms with van der Waals surface area (Å²) in [5, 5.41) is 12.8. The number of nitrogens with one attached hydrogen (secondary N) is 1. The van der Waals surface area contributed by atoms with Crippen molar-refractivity contribution in [3.8, 4) is 11.5 Å². The fraction of sp³-hybridized carbons (Fsp3) is 0.625. The maximum absolute atomic E-state index is 9.18. The molecular formula is C16H25NO3. The highest BCUT2D eigenvalue weighted by Gasteiger charge is 2.31. The van der Waals surface area contributed by atoms with Gasteiger partial charge in [-0.25, -0.2) is 0 Å². The SMILES string of the molecule is COc1ccc(C(C)NC(CCO)C2CC2)c(OC)c1. The third kappa shape index (κ3) is 3.64. The van der Waals surface area contributed by atoms with Crippen molar-refractivity contribution in [1.29, 1.82) is 0 Å². The first-order valence-corrected chi connectivity index (χ1v) is 7.28. The molecule has 1 aliphatic rings. The van der Waals surface area contributed by atoms with E-state index in [1.54, 1.807) is 14.2 Å². The van der Waals surface area contributed by atoms with Gasteiger partial charge >= 0.3 is 0 Å². The minimum absolute atomic E-state index is 0.188. The fourth-order valence-electron chi connectivity index (χ4n) is 2.68. The highest BCUT2D eigenvalue weighted by Crippen LogP contribution is 2.36. The van der Waals surface area contributed by atoms with Crippen molar-refractivity contribution in [3.63, 3.8) is 0 Å². The van der Waals surface area contributed by atoms with Gasteiger partial charge in [0, 0.05) is 30.3 Å². The molecule has 1 aromatic carbocycles. The van der Waals surface area contributed by atoms with E-state index in [-0.39, 0.29) is 12.6 Å². The zero-order chi connectivity index (χ0) is 14.5. The van der Waals surface area contributed by atoms with Crippen LogP contribution in [-0.2, 0) is 0 Å². The summed E-state index contributed by atoms with van der Waals surface area (Å²) in [6, 6.07) is 6.48. The van der Waals surface area contributed by atoms with Crippen molar-refractivity contribution in [1.82, 2.24) is 5.32 Å². The van der Waals surface area contributed by atoms with Crippen LogP contribution in [0.25, 0.3) is 0 Å². The number of hydrogen-bond acceptors (Lipinski definition) is 4. The van der Waals surface area contributed by atoms with Gasteiger partial charge < -0.3 is 19.9 Å². The largest absolute Gasteiger partial charge is 0.497 e. The summed E-state index contributed by atoms with van der Waals surface area (Å²) in [5.74, 6) is 2.35. The molecule has 112 valence electrons. The highest BCUT2D eigenvalue weighted by molar-refractivity contribution is 5.42. The lowest BCUT2D eigenvalue weighted by molar-refractivity contribution is 0.249. The smallest absolute Gasteiger partial charge is 0.127 e. The highest BCUT2D eigenvalue weighted by atomic mass is 16.5. The van der Waals surface area contributed by atoms with Crippen molar-refractivity contribution in [2.24, 2.45) is 5.92 Å². The van der Waals surface area contributed by atoms with E-state index < -0.39 is 0 Å². The lowest BCUT2D eigenvalue weighted by Gasteiger charge is -2.24. The third-order valence-electron chi connectivity index (χ3n) is 4.00. The Hall–Kier alpha value is -1.26. The van der Waals surface area contributed by atoms with Crippen LogP contribution in [0.4, 0.5) is 0 Å². The molecule has 2 unspecified atom stereocenters. The number of hydrogen-bond donors (Lipinski definition) is 2. The van der Waals surface area contributed by atoms with Crippen LogP contribution in [0.5, 0.6) is 11.5 Å². The molecule has 2 N–H and O–H groups in total. The molecule has 2 rings (SSSR count). The first-order chi connectivity index (χ1) is 9.69. The average molecular weight is 279 g/mol. The van der Waals surface area contributed by atoms with Gasteiger partial charge in [-0.15, -0.1) is 0 Å². The Morgan fingerprint density at radius 2 is 2.05 bits per heavy atom. The summed E-state index contributed by atoms with van der Waals surface area (Å²) in [6.07, 6.45) is 3.35. The van der Waals surface area contributed by atoms with Gasteiger partial charge in [-0.05, 0) is 38.2 Å². The van der Waals surface area contributed by atoms with Gasteiger partial charge in [-0.1, -0.05) is 6.07 Å². The lowest BCUT2D eigenvalue weighted by atomic mass is 10.0. The topological polar surface area (TPSA) is 50.7 Å². The second-order valence-corrected chi connectivity index (χ2v) is 5.45. The van der Waals surface area contributed by atoms with Crippen LogP contribution in [0.3, 0.4) is 0 Å². The van der Waals surface area contributed by atoms with Gasteiger partial charge in [-0.3, -0.25) is 0 Å². The van der Waals surface area contributed by atoms with E-state index in [0.29, 0.717) is 12.0 Å². The van der Waals surface area contributed by atoms with Crippen molar-refractivity contribution in [2.75, 3.05) is 20.8 Å². The van der Waals surface area contributed by atoms with E-state index in [2.05, 4.69) is 12.2 Å². The molecule has 0 saturated heterocycles. The first-order valence-electron chi connectivity index (χ1n) is 7.28. The van der Waals surface area contributed by atoms with Crippen LogP contribution >= 0.6 is 0 Å². The van der Waals surface area contributed by atoms with E-state index in [1.807, 2.05) is 18.2 Å². The molecule has 0 aromatic heterocycles. The van der Waals surface area contributed by atoms with E-state index in [9.17, 15) is 5.11 Å². The molecule has 0 amide bonds. The second kappa shape index (κ2) is 6.95.